The van der Waals surface area contributed by atoms with E-state index in [-0.39, 0.29) is 5.69 Å². The van der Waals surface area contributed by atoms with Crippen molar-refractivity contribution in [2.45, 2.75) is 13.5 Å². The quantitative estimate of drug-likeness (QED) is 0.720. The van der Waals surface area contributed by atoms with Crippen LogP contribution in [0.4, 0.5) is 0 Å². The molecular weight excluding hydrogens is 270 g/mol. The number of amides is 1. The lowest BCUT2D eigenvalue weighted by molar-refractivity contribution is 0.0995. The Kier molecular flexibility index (Phi) is 5.02. The number of nitrogens with one attached hydrogen (secondary N) is 1. The van der Waals surface area contributed by atoms with Gasteiger partial charge in [0, 0.05) is 32.6 Å². The van der Waals surface area contributed by atoms with Crippen LogP contribution in [-0.2, 0) is 11.3 Å². The number of pyridine rings is 1. The smallest absolute Gasteiger partial charge is 0.269 e. The number of hydrogen-bond donors (Lipinski definition) is 2. The molecule has 2 heterocycles. The Morgan fingerprint density at radius 3 is 2.95 bits per heavy atom. The molecule has 0 saturated carbocycles. The van der Waals surface area contributed by atoms with E-state index in [4.69, 9.17) is 10.5 Å². The monoisotopic (exact) mass is 289 g/mol. The van der Waals surface area contributed by atoms with Gasteiger partial charge < -0.3 is 15.8 Å². The Morgan fingerprint density at radius 2 is 2.33 bits per heavy atom. The van der Waals surface area contributed by atoms with Gasteiger partial charge in [-0.2, -0.15) is 5.10 Å². The lowest BCUT2D eigenvalue weighted by atomic mass is 10.2. The molecule has 7 heteroatoms. The van der Waals surface area contributed by atoms with Crippen LogP contribution in [0.3, 0.4) is 0 Å². The maximum Gasteiger partial charge on any atom is 0.269 e. The van der Waals surface area contributed by atoms with Gasteiger partial charge in [0.05, 0.1) is 6.61 Å². The van der Waals surface area contributed by atoms with E-state index >= 15 is 0 Å². The average molecular weight is 289 g/mol. The van der Waals surface area contributed by atoms with Gasteiger partial charge in [0.15, 0.2) is 5.82 Å². The number of nitrogens with zero attached hydrogens (tertiary/aromatic N) is 3. The van der Waals surface area contributed by atoms with E-state index in [0.717, 1.165) is 24.2 Å². The summed E-state index contributed by atoms with van der Waals surface area (Å²) in [4.78, 5) is 15.5. The predicted molar refractivity (Wildman–Crippen MR) is 78.2 cm³/mol. The highest BCUT2D eigenvalue weighted by molar-refractivity contribution is 5.90. The molecule has 2 rings (SSSR count). The first-order chi connectivity index (χ1) is 10.1. The number of nitrogens with two attached hydrogens (primary N) is 1. The summed E-state index contributed by atoms with van der Waals surface area (Å²) in [6.45, 7) is 4.14. The van der Waals surface area contributed by atoms with Crippen molar-refractivity contribution in [3.05, 3.63) is 41.3 Å². The Morgan fingerprint density at radius 1 is 1.52 bits per heavy atom. The molecule has 0 aliphatic heterocycles. The third-order valence-electron chi connectivity index (χ3n) is 2.98. The zero-order valence-electron chi connectivity index (χ0n) is 12.2. The van der Waals surface area contributed by atoms with Gasteiger partial charge in [-0.05, 0) is 30.2 Å². The summed E-state index contributed by atoms with van der Waals surface area (Å²) in [6.07, 6.45) is 3.46. The van der Waals surface area contributed by atoms with Crippen molar-refractivity contribution in [2.75, 3.05) is 20.3 Å². The molecule has 2 aromatic rings. The lowest BCUT2D eigenvalue weighted by Gasteiger charge is -2.08. The van der Waals surface area contributed by atoms with Crippen molar-refractivity contribution in [1.29, 1.82) is 0 Å². The molecule has 2 aromatic heterocycles. The zero-order valence-corrected chi connectivity index (χ0v) is 12.2. The van der Waals surface area contributed by atoms with Gasteiger partial charge in [0.2, 0.25) is 0 Å². The highest BCUT2D eigenvalue weighted by atomic mass is 16.5. The van der Waals surface area contributed by atoms with Crippen molar-refractivity contribution in [3.8, 4) is 5.82 Å². The van der Waals surface area contributed by atoms with Gasteiger partial charge >= 0.3 is 0 Å². The molecule has 1 amide bonds. The summed E-state index contributed by atoms with van der Waals surface area (Å²) in [7, 11) is 1.67. The molecule has 0 radical (unpaired) electrons. The fraction of sp³-hybridized carbons (Fsp3) is 0.357. The van der Waals surface area contributed by atoms with Crippen LogP contribution in [0, 0.1) is 6.92 Å². The first-order valence-corrected chi connectivity index (χ1v) is 6.63. The summed E-state index contributed by atoms with van der Waals surface area (Å²) in [5.41, 5.74) is 7.47. The lowest BCUT2D eigenvalue weighted by Crippen LogP contribution is -2.19. The number of carbonyl (C=O) groups is 1. The first kappa shape index (κ1) is 15.1. The average Bonchev–Trinajstić information content (AvgIpc) is 2.93. The van der Waals surface area contributed by atoms with Crippen molar-refractivity contribution < 1.29 is 9.53 Å². The van der Waals surface area contributed by atoms with E-state index in [0.29, 0.717) is 12.4 Å². The van der Waals surface area contributed by atoms with E-state index in [1.54, 1.807) is 30.3 Å². The maximum atomic E-state index is 11.1. The number of aromatic nitrogens is 3. The summed E-state index contributed by atoms with van der Waals surface area (Å²) in [5, 5.41) is 7.36. The van der Waals surface area contributed by atoms with Crippen LogP contribution in [-0.4, -0.2) is 40.9 Å². The molecule has 7 nitrogen and oxygen atoms in total. The van der Waals surface area contributed by atoms with Gasteiger partial charge in [-0.1, -0.05) is 0 Å². The first-order valence-electron chi connectivity index (χ1n) is 6.63. The standard InChI is InChI=1S/C14H19N5O2/c1-10-7-11(8-16-4-6-21-2)9-17-14(10)19-5-3-12(18-19)13(15)20/h3,5,7,9,16H,4,6,8H2,1-2H3,(H2,15,20). The van der Waals surface area contributed by atoms with Crippen LogP contribution in [0.25, 0.3) is 5.82 Å². The predicted octanol–water partition coefficient (Wildman–Crippen LogP) is 0.411. The minimum Gasteiger partial charge on any atom is -0.383 e. The minimum atomic E-state index is -0.551. The maximum absolute atomic E-state index is 11.1. The number of primary amides is 1. The van der Waals surface area contributed by atoms with E-state index < -0.39 is 5.91 Å². The highest BCUT2D eigenvalue weighted by Crippen LogP contribution is 2.12. The van der Waals surface area contributed by atoms with Crippen molar-refractivity contribution >= 4 is 5.91 Å². The Hall–Kier alpha value is -2.25. The molecule has 0 bridgehead atoms. The van der Waals surface area contributed by atoms with Crippen LogP contribution >= 0.6 is 0 Å². The number of aryl methyl sites for hydroxylation is 1. The third-order valence-corrected chi connectivity index (χ3v) is 2.98. The van der Waals surface area contributed by atoms with Crippen LogP contribution in [0.15, 0.2) is 24.5 Å². The molecule has 112 valence electrons. The van der Waals surface area contributed by atoms with Gasteiger partial charge in [0.1, 0.15) is 5.69 Å². The fourth-order valence-electron chi connectivity index (χ4n) is 1.94. The minimum absolute atomic E-state index is 0.224. The SMILES string of the molecule is COCCNCc1cnc(-n2ccc(C(N)=O)n2)c(C)c1. The van der Waals surface area contributed by atoms with Gasteiger partial charge in [-0.3, -0.25) is 4.79 Å². The van der Waals surface area contributed by atoms with E-state index in [2.05, 4.69) is 15.4 Å². The van der Waals surface area contributed by atoms with Crippen molar-refractivity contribution in [3.63, 3.8) is 0 Å². The fourth-order valence-corrected chi connectivity index (χ4v) is 1.94. The van der Waals surface area contributed by atoms with Gasteiger partial charge in [0.25, 0.3) is 5.91 Å². The molecule has 0 unspecified atom stereocenters. The van der Waals surface area contributed by atoms with E-state index in [1.165, 1.54) is 0 Å². The normalized spacial score (nSPS) is 10.8. The molecule has 3 N–H and O–H groups in total. The van der Waals surface area contributed by atoms with Crippen molar-refractivity contribution in [2.24, 2.45) is 5.73 Å². The molecule has 0 atom stereocenters. The zero-order chi connectivity index (χ0) is 15.2. The summed E-state index contributed by atoms with van der Waals surface area (Å²) in [5.74, 6) is 0.133. The molecule has 0 spiro atoms. The Balaban J connectivity index is 2.09. The largest absolute Gasteiger partial charge is 0.383 e. The summed E-state index contributed by atoms with van der Waals surface area (Å²) < 4.78 is 6.53. The molecular formula is C14H19N5O2. The van der Waals surface area contributed by atoms with Crippen molar-refractivity contribution in [1.82, 2.24) is 20.1 Å². The molecule has 21 heavy (non-hydrogen) atoms. The number of rotatable bonds is 7. The number of methoxy groups -OCH3 is 1. The molecule has 0 saturated heterocycles. The number of hydrogen-bond acceptors (Lipinski definition) is 5. The Labute approximate surface area is 123 Å². The highest BCUT2D eigenvalue weighted by Gasteiger charge is 2.09. The van der Waals surface area contributed by atoms with E-state index in [1.807, 2.05) is 13.0 Å². The summed E-state index contributed by atoms with van der Waals surface area (Å²) in [6, 6.07) is 3.61. The molecule has 0 aromatic carbocycles. The third kappa shape index (κ3) is 3.87. The van der Waals surface area contributed by atoms with Crippen LogP contribution in [0.1, 0.15) is 21.6 Å². The van der Waals surface area contributed by atoms with Crippen LogP contribution < -0.4 is 11.1 Å². The second kappa shape index (κ2) is 6.96. The number of carbonyl (C=O) groups excluding carboxylic acids is 1. The summed E-state index contributed by atoms with van der Waals surface area (Å²) >= 11 is 0. The molecule has 0 fully saturated rings. The van der Waals surface area contributed by atoms with Gasteiger partial charge in [-0.25, -0.2) is 9.67 Å². The van der Waals surface area contributed by atoms with E-state index in [9.17, 15) is 4.79 Å². The number of ether oxygens (including phenoxy) is 1. The second-order valence-electron chi connectivity index (χ2n) is 4.66. The van der Waals surface area contributed by atoms with Crippen LogP contribution in [0.2, 0.25) is 0 Å². The second-order valence-corrected chi connectivity index (χ2v) is 4.66. The molecule has 0 aliphatic carbocycles. The molecule has 0 aliphatic rings. The topological polar surface area (TPSA) is 95.1 Å². The van der Waals surface area contributed by atoms with Crippen LogP contribution in [0.5, 0.6) is 0 Å². The Bertz CT molecular complexity index is 624. The van der Waals surface area contributed by atoms with Gasteiger partial charge in [-0.15, -0.1) is 0 Å².